The van der Waals surface area contributed by atoms with Gasteiger partial charge < -0.3 is 14.8 Å². The number of ether oxygens (including phenoxy) is 2. The number of carbonyl (C=O) groups is 1. The smallest absolute Gasteiger partial charge is 0.273 e. The molecule has 7 heteroatoms. The van der Waals surface area contributed by atoms with Gasteiger partial charge in [-0.05, 0) is 31.2 Å². The van der Waals surface area contributed by atoms with Crippen molar-refractivity contribution in [3.8, 4) is 0 Å². The molecule has 3 heterocycles. The Bertz CT molecular complexity index is 735. The first-order valence-electron chi connectivity index (χ1n) is 9.19. The first-order chi connectivity index (χ1) is 12.7. The van der Waals surface area contributed by atoms with E-state index >= 15 is 0 Å². The van der Waals surface area contributed by atoms with Crippen molar-refractivity contribution in [1.29, 1.82) is 0 Å². The van der Waals surface area contributed by atoms with Gasteiger partial charge in [0.2, 0.25) is 0 Å². The van der Waals surface area contributed by atoms with Gasteiger partial charge in [-0.3, -0.25) is 4.79 Å². The van der Waals surface area contributed by atoms with Crippen LogP contribution in [0.1, 0.15) is 41.7 Å². The monoisotopic (exact) mass is 356 g/mol. The van der Waals surface area contributed by atoms with Gasteiger partial charge in [-0.2, -0.15) is 0 Å². The Morgan fingerprint density at radius 2 is 2.04 bits per heavy atom. The molecule has 1 amide bonds. The Kier molecular flexibility index (Phi) is 4.99. The van der Waals surface area contributed by atoms with Crippen molar-refractivity contribution in [3.63, 3.8) is 0 Å². The summed E-state index contributed by atoms with van der Waals surface area (Å²) in [6, 6.07) is 10.1. The van der Waals surface area contributed by atoms with E-state index in [9.17, 15) is 4.79 Å². The number of aromatic nitrogens is 3. The standard InChI is InChI=1S/C19H24N4O3/c24-18(17-14-23(22-21-17)13-15-4-2-1-3-5-15)20-16-6-9-26-19(12-16)7-10-25-11-8-19/h1-5,14,16H,6-13H2,(H,20,24). The maximum absolute atomic E-state index is 12.6. The number of rotatable bonds is 4. The van der Waals surface area contributed by atoms with Crippen LogP contribution in [0.2, 0.25) is 0 Å². The molecule has 26 heavy (non-hydrogen) atoms. The molecule has 0 saturated carbocycles. The van der Waals surface area contributed by atoms with Crippen molar-refractivity contribution >= 4 is 5.91 Å². The molecule has 2 aliphatic rings. The fourth-order valence-corrected chi connectivity index (χ4v) is 3.75. The van der Waals surface area contributed by atoms with Gasteiger partial charge in [0.1, 0.15) is 0 Å². The molecule has 0 radical (unpaired) electrons. The molecular formula is C19H24N4O3. The largest absolute Gasteiger partial charge is 0.381 e. The molecule has 1 N–H and O–H groups in total. The highest BCUT2D eigenvalue weighted by atomic mass is 16.5. The molecule has 1 aromatic heterocycles. The van der Waals surface area contributed by atoms with Crippen molar-refractivity contribution in [2.75, 3.05) is 19.8 Å². The Morgan fingerprint density at radius 1 is 1.23 bits per heavy atom. The Hall–Kier alpha value is -2.25. The first kappa shape index (κ1) is 17.2. The van der Waals surface area contributed by atoms with E-state index in [0.717, 1.165) is 44.5 Å². The second kappa shape index (κ2) is 7.55. The van der Waals surface area contributed by atoms with E-state index in [0.29, 0.717) is 18.8 Å². The third kappa shape index (κ3) is 3.94. The summed E-state index contributed by atoms with van der Waals surface area (Å²) >= 11 is 0. The van der Waals surface area contributed by atoms with Gasteiger partial charge >= 0.3 is 0 Å². The molecule has 2 saturated heterocycles. The lowest BCUT2D eigenvalue weighted by atomic mass is 9.84. The fourth-order valence-electron chi connectivity index (χ4n) is 3.75. The summed E-state index contributed by atoms with van der Waals surface area (Å²) in [5, 5.41) is 11.2. The molecule has 1 aromatic carbocycles. The topological polar surface area (TPSA) is 78.3 Å². The van der Waals surface area contributed by atoms with E-state index in [2.05, 4.69) is 15.6 Å². The summed E-state index contributed by atoms with van der Waals surface area (Å²) in [4.78, 5) is 12.6. The first-order valence-corrected chi connectivity index (χ1v) is 9.19. The summed E-state index contributed by atoms with van der Waals surface area (Å²) in [6.07, 6.45) is 5.15. The predicted octanol–water partition coefficient (Wildman–Crippen LogP) is 1.78. The van der Waals surface area contributed by atoms with Crippen LogP contribution >= 0.6 is 0 Å². The van der Waals surface area contributed by atoms with Crippen LogP contribution in [0.3, 0.4) is 0 Å². The highest BCUT2D eigenvalue weighted by Crippen LogP contribution is 2.34. The minimum Gasteiger partial charge on any atom is -0.381 e. The lowest BCUT2D eigenvalue weighted by molar-refractivity contribution is -0.139. The zero-order chi connectivity index (χ0) is 17.8. The molecule has 0 bridgehead atoms. The minimum absolute atomic E-state index is 0.105. The molecule has 138 valence electrons. The average Bonchev–Trinajstić information content (AvgIpc) is 3.12. The van der Waals surface area contributed by atoms with E-state index in [1.54, 1.807) is 10.9 Å². The van der Waals surface area contributed by atoms with Gasteiger partial charge in [-0.15, -0.1) is 5.10 Å². The summed E-state index contributed by atoms with van der Waals surface area (Å²) in [7, 11) is 0. The molecule has 4 rings (SSSR count). The Labute approximate surface area is 152 Å². The number of nitrogens with one attached hydrogen (secondary N) is 1. The van der Waals surface area contributed by atoms with Gasteiger partial charge in [0.05, 0.1) is 18.3 Å². The maximum atomic E-state index is 12.6. The number of nitrogens with zero attached hydrogens (tertiary/aromatic N) is 3. The van der Waals surface area contributed by atoms with Crippen LogP contribution in [0.25, 0.3) is 0 Å². The van der Waals surface area contributed by atoms with Gasteiger partial charge in [0.15, 0.2) is 5.69 Å². The number of hydrogen-bond donors (Lipinski definition) is 1. The molecule has 1 atom stereocenters. The second-order valence-corrected chi connectivity index (χ2v) is 7.09. The van der Waals surface area contributed by atoms with Gasteiger partial charge in [0, 0.05) is 25.9 Å². The summed E-state index contributed by atoms with van der Waals surface area (Å²) < 4.78 is 13.2. The van der Waals surface area contributed by atoms with E-state index in [4.69, 9.17) is 9.47 Å². The zero-order valence-corrected chi connectivity index (χ0v) is 14.8. The molecule has 0 aliphatic carbocycles. The number of carbonyl (C=O) groups excluding carboxylic acids is 1. The Morgan fingerprint density at radius 3 is 2.85 bits per heavy atom. The number of amides is 1. The van der Waals surface area contributed by atoms with Crippen LogP contribution in [-0.2, 0) is 16.0 Å². The molecular weight excluding hydrogens is 332 g/mol. The SMILES string of the molecule is O=C(NC1CCOC2(CCOCC2)C1)c1cn(Cc2ccccc2)nn1. The van der Waals surface area contributed by atoms with Crippen molar-refractivity contribution in [1.82, 2.24) is 20.3 Å². The van der Waals surface area contributed by atoms with Crippen LogP contribution < -0.4 is 5.32 Å². The minimum atomic E-state index is -0.168. The van der Waals surface area contributed by atoms with Crippen LogP contribution in [-0.4, -0.2) is 52.4 Å². The molecule has 7 nitrogen and oxygen atoms in total. The van der Waals surface area contributed by atoms with Crippen molar-refractivity contribution in [3.05, 3.63) is 47.8 Å². The quantitative estimate of drug-likeness (QED) is 0.904. The van der Waals surface area contributed by atoms with Crippen LogP contribution in [0.5, 0.6) is 0 Å². The molecule has 2 fully saturated rings. The highest BCUT2D eigenvalue weighted by molar-refractivity contribution is 5.92. The van der Waals surface area contributed by atoms with Gasteiger partial charge in [-0.25, -0.2) is 4.68 Å². The van der Waals surface area contributed by atoms with E-state index in [-0.39, 0.29) is 17.6 Å². The fraction of sp³-hybridized carbons (Fsp3) is 0.526. The summed E-state index contributed by atoms with van der Waals surface area (Å²) in [5.41, 5.74) is 1.34. The lowest BCUT2D eigenvalue weighted by Gasteiger charge is -2.43. The number of hydrogen-bond acceptors (Lipinski definition) is 5. The molecule has 2 aliphatic heterocycles. The van der Waals surface area contributed by atoms with E-state index in [1.165, 1.54) is 0 Å². The zero-order valence-electron chi connectivity index (χ0n) is 14.8. The average molecular weight is 356 g/mol. The van der Waals surface area contributed by atoms with Crippen molar-refractivity contribution < 1.29 is 14.3 Å². The van der Waals surface area contributed by atoms with Crippen LogP contribution in [0.15, 0.2) is 36.5 Å². The van der Waals surface area contributed by atoms with E-state index < -0.39 is 0 Å². The second-order valence-electron chi connectivity index (χ2n) is 7.09. The normalized spacial score (nSPS) is 22.2. The third-order valence-electron chi connectivity index (χ3n) is 5.19. The van der Waals surface area contributed by atoms with Crippen LogP contribution in [0, 0.1) is 0 Å². The number of benzene rings is 1. The van der Waals surface area contributed by atoms with Gasteiger partial charge in [-0.1, -0.05) is 35.5 Å². The van der Waals surface area contributed by atoms with Crippen molar-refractivity contribution in [2.45, 2.75) is 43.9 Å². The Balaban J connectivity index is 1.36. The predicted molar refractivity (Wildman–Crippen MR) is 94.8 cm³/mol. The van der Waals surface area contributed by atoms with Crippen molar-refractivity contribution in [2.24, 2.45) is 0 Å². The van der Waals surface area contributed by atoms with E-state index in [1.807, 2.05) is 30.3 Å². The van der Waals surface area contributed by atoms with Crippen LogP contribution in [0.4, 0.5) is 0 Å². The maximum Gasteiger partial charge on any atom is 0.273 e. The summed E-state index contributed by atoms with van der Waals surface area (Å²) in [6.45, 7) is 2.73. The molecule has 1 spiro atoms. The summed E-state index contributed by atoms with van der Waals surface area (Å²) in [5.74, 6) is -0.168. The molecule has 1 unspecified atom stereocenters. The van der Waals surface area contributed by atoms with Gasteiger partial charge in [0.25, 0.3) is 5.91 Å². The lowest BCUT2D eigenvalue weighted by Crippen LogP contribution is -2.51. The third-order valence-corrected chi connectivity index (χ3v) is 5.19. The highest BCUT2D eigenvalue weighted by Gasteiger charge is 2.39. The molecule has 2 aromatic rings.